The molecule has 1 N–H and O–H groups in total. The highest BCUT2D eigenvalue weighted by molar-refractivity contribution is 7.99. The van der Waals surface area contributed by atoms with Crippen molar-refractivity contribution in [1.82, 2.24) is 9.80 Å². The van der Waals surface area contributed by atoms with Crippen molar-refractivity contribution in [3.63, 3.8) is 0 Å². The molecule has 1 unspecified atom stereocenters. The number of thioether (sulfide) groups is 1. The van der Waals surface area contributed by atoms with Gasteiger partial charge in [0, 0.05) is 42.8 Å². The second-order valence-corrected chi connectivity index (χ2v) is 6.88. The molecule has 24 heavy (non-hydrogen) atoms. The average molecular weight is 350 g/mol. The fourth-order valence-electron chi connectivity index (χ4n) is 2.61. The molecule has 0 radical (unpaired) electrons. The summed E-state index contributed by atoms with van der Waals surface area (Å²) < 4.78 is 0. The summed E-state index contributed by atoms with van der Waals surface area (Å²) in [5.74, 6) is 0.154. The molecule has 0 aliphatic carbocycles. The molecular formula is C17H22N2O4S. The van der Waals surface area contributed by atoms with Crippen molar-refractivity contribution in [3.05, 3.63) is 35.4 Å². The molecule has 2 rings (SSSR count). The van der Waals surface area contributed by atoms with E-state index in [0.29, 0.717) is 30.0 Å². The molecule has 1 atom stereocenters. The minimum atomic E-state index is -0.909. The standard InChI is InChI=1S/C17H22N2O4S/c1-3-18(2)16(22)12-5-4-6-13(9-12)17(23)19-7-8-24-11-14(19)10-15(20)21/h4-6,9,14H,3,7-8,10-11H2,1-2H3,(H,20,21). The van der Waals surface area contributed by atoms with E-state index >= 15 is 0 Å². The molecule has 1 fully saturated rings. The first kappa shape index (κ1) is 18.3. The Morgan fingerprint density at radius 1 is 1.33 bits per heavy atom. The molecule has 1 saturated heterocycles. The molecule has 0 bridgehead atoms. The number of rotatable bonds is 5. The van der Waals surface area contributed by atoms with Gasteiger partial charge in [-0.2, -0.15) is 11.8 Å². The van der Waals surface area contributed by atoms with Gasteiger partial charge in [-0.25, -0.2) is 0 Å². The molecule has 0 saturated carbocycles. The summed E-state index contributed by atoms with van der Waals surface area (Å²) in [4.78, 5) is 39.3. The maximum Gasteiger partial charge on any atom is 0.305 e. The first-order valence-corrected chi connectivity index (χ1v) is 9.05. The van der Waals surface area contributed by atoms with Crippen molar-refractivity contribution in [3.8, 4) is 0 Å². The first-order chi connectivity index (χ1) is 11.4. The lowest BCUT2D eigenvalue weighted by Gasteiger charge is -2.34. The van der Waals surface area contributed by atoms with Crippen LogP contribution in [0.1, 0.15) is 34.1 Å². The van der Waals surface area contributed by atoms with E-state index in [1.807, 2.05) is 6.92 Å². The summed E-state index contributed by atoms with van der Waals surface area (Å²) in [6.45, 7) is 2.99. The number of carboxylic acid groups (broad SMARTS) is 1. The second kappa shape index (κ2) is 8.19. The van der Waals surface area contributed by atoms with Gasteiger partial charge in [0.25, 0.3) is 11.8 Å². The normalized spacial score (nSPS) is 17.4. The van der Waals surface area contributed by atoms with Crippen molar-refractivity contribution < 1.29 is 19.5 Å². The summed E-state index contributed by atoms with van der Waals surface area (Å²) >= 11 is 1.66. The Hall–Kier alpha value is -2.02. The Labute approximate surface area is 145 Å². The Balaban J connectivity index is 2.22. The number of carbonyl (C=O) groups is 3. The number of hydrogen-bond donors (Lipinski definition) is 1. The molecule has 6 nitrogen and oxygen atoms in total. The lowest BCUT2D eigenvalue weighted by atomic mass is 10.1. The Bertz CT molecular complexity index is 635. The maximum atomic E-state index is 12.8. The van der Waals surface area contributed by atoms with Crippen molar-refractivity contribution in [2.45, 2.75) is 19.4 Å². The number of hydrogen-bond acceptors (Lipinski definition) is 4. The third-order valence-electron chi connectivity index (χ3n) is 4.08. The Morgan fingerprint density at radius 3 is 2.71 bits per heavy atom. The number of carboxylic acids is 1. The van der Waals surface area contributed by atoms with Crippen LogP contribution in [0.15, 0.2) is 24.3 Å². The third-order valence-corrected chi connectivity index (χ3v) is 5.17. The molecular weight excluding hydrogens is 328 g/mol. The van der Waals surface area contributed by atoms with Gasteiger partial charge in [-0.1, -0.05) is 6.07 Å². The van der Waals surface area contributed by atoms with Crippen molar-refractivity contribution >= 4 is 29.5 Å². The van der Waals surface area contributed by atoms with Crippen LogP contribution < -0.4 is 0 Å². The molecule has 2 amide bonds. The van der Waals surface area contributed by atoms with E-state index in [0.717, 1.165) is 5.75 Å². The van der Waals surface area contributed by atoms with Gasteiger partial charge >= 0.3 is 5.97 Å². The highest BCUT2D eigenvalue weighted by Crippen LogP contribution is 2.22. The molecule has 1 heterocycles. The van der Waals surface area contributed by atoms with E-state index in [2.05, 4.69) is 0 Å². The zero-order chi connectivity index (χ0) is 17.7. The average Bonchev–Trinajstić information content (AvgIpc) is 2.60. The highest BCUT2D eigenvalue weighted by atomic mass is 32.2. The summed E-state index contributed by atoms with van der Waals surface area (Å²) in [7, 11) is 1.71. The molecule has 1 aromatic rings. The zero-order valence-electron chi connectivity index (χ0n) is 13.9. The van der Waals surface area contributed by atoms with Gasteiger partial charge in [0.1, 0.15) is 0 Å². The van der Waals surface area contributed by atoms with Gasteiger partial charge in [0.2, 0.25) is 0 Å². The zero-order valence-corrected chi connectivity index (χ0v) is 14.7. The molecule has 130 valence electrons. The van der Waals surface area contributed by atoms with Crippen molar-refractivity contribution in [2.24, 2.45) is 0 Å². The molecule has 1 aliphatic heterocycles. The quantitative estimate of drug-likeness (QED) is 0.876. The van der Waals surface area contributed by atoms with Crippen LogP contribution in [-0.2, 0) is 4.79 Å². The lowest BCUT2D eigenvalue weighted by molar-refractivity contribution is -0.138. The van der Waals surface area contributed by atoms with Crippen LogP contribution in [0, 0.1) is 0 Å². The summed E-state index contributed by atoms with van der Waals surface area (Å²) in [5, 5.41) is 9.04. The summed E-state index contributed by atoms with van der Waals surface area (Å²) in [5.41, 5.74) is 0.888. The lowest BCUT2D eigenvalue weighted by Crippen LogP contribution is -2.47. The van der Waals surface area contributed by atoms with E-state index in [1.54, 1.807) is 52.9 Å². The molecule has 1 aliphatic rings. The minimum Gasteiger partial charge on any atom is -0.481 e. The number of carbonyl (C=O) groups excluding carboxylic acids is 2. The SMILES string of the molecule is CCN(C)C(=O)c1cccc(C(=O)N2CCSCC2CC(=O)O)c1. The monoisotopic (exact) mass is 350 g/mol. The van der Waals surface area contributed by atoms with Crippen LogP contribution >= 0.6 is 11.8 Å². The largest absolute Gasteiger partial charge is 0.481 e. The number of aliphatic carboxylic acids is 1. The maximum absolute atomic E-state index is 12.8. The fraction of sp³-hybridized carbons (Fsp3) is 0.471. The van der Waals surface area contributed by atoms with Crippen LogP contribution in [-0.4, -0.2) is 70.4 Å². The second-order valence-electron chi connectivity index (χ2n) is 5.73. The van der Waals surface area contributed by atoms with Gasteiger partial charge in [-0.15, -0.1) is 0 Å². The molecule has 1 aromatic carbocycles. The number of benzene rings is 1. The smallest absolute Gasteiger partial charge is 0.305 e. The molecule has 0 spiro atoms. The molecule has 7 heteroatoms. The van der Waals surface area contributed by atoms with Crippen LogP contribution in [0.3, 0.4) is 0 Å². The summed E-state index contributed by atoms with van der Waals surface area (Å²) in [6.07, 6.45) is -0.0596. The van der Waals surface area contributed by atoms with E-state index in [1.165, 1.54) is 0 Å². The first-order valence-electron chi connectivity index (χ1n) is 7.90. The fourth-order valence-corrected chi connectivity index (χ4v) is 3.67. The van der Waals surface area contributed by atoms with Gasteiger partial charge < -0.3 is 14.9 Å². The Morgan fingerprint density at radius 2 is 2.04 bits per heavy atom. The van der Waals surface area contributed by atoms with Crippen LogP contribution in [0.25, 0.3) is 0 Å². The van der Waals surface area contributed by atoms with Gasteiger partial charge in [0.05, 0.1) is 12.5 Å². The van der Waals surface area contributed by atoms with E-state index < -0.39 is 5.97 Å². The highest BCUT2D eigenvalue weighted by Gasteiger charge is 2.29. The third kappa shape index (κ3) is 4.29. The van der Waals surface area contributed by atoms with Gasteiger partial charge in [-0.3, -0.25) is 14.4 Å². The Kier molecular flexibility index (Phi) is 6.25. The number of amides is 2. The summed E-state index contributed by atoms with van der Waals surface area (Å²) in [6, 6.07) is 6.33. The number of nitrogens with zero attached hydrogens (tertiary/aromatic N) is 2. The topological polar surface area (TPSA) is 77.9 Å². The van der Waals surface area contributed by atoms with Gasteiger partial charge in [-0.05, 0) is 25.1 Å². The predicted octanol–water partition coefficient (Wildman–Crippen LogP) is 1.81. The van der Waals surface area contributed by atoms with Crippen LogP contribution in [0.2, 0.25) is 0 Å². The van der Waals surface area contributed by atoms with Crippen LogP contribution in [0.5, 0.6) is 0 Å². The predicted molar refractivity (Wildman–Crippen MR) is 93.5 cm³/mol. The van der Waals surface area contributed by atoms with E-state index in [4.69, 9.17) is 5.11 Å². The van der Waals surface area contributed by atoms with Crippen LogP contribution in [0.4, 0.5) is 0 Å². The van der Waals surface area contributed by atoms with E-state index in [-0.39, 0.29) is 24.3 Å². The van der Waals surface area contributed by atoms with Crippen molar-refractivity contribution in [1.29, 1.82) is 0 Å². The minimum absolute atomic E-state index is 0.0596. The van der Waals surface area contributed by atoms with Gasteiger partial charge in [0.15, 0.2) is 0 Å². The van der Waals surface area contributed by atoms with Crippen molar-refractivity contribution in [2.75, 3.05) is 31.6 Å². The van der Waals surface area contributed by atoms with E-state index in [9.17, 15) is 14.4 Å². The molecule has 0 aromatic heterocycles.